The fraction of sp³-hybridized carbons (Fsp3) is 0.115. The molecule has 2 aromatic heterocycles. The van der Waals surface area contributed by atoms with Crippen LogP contribution in [-0.2, 0) is 6.54 Å². The Morgan fingerprint density at radius 1 is 0.906 bits per heavy atom. The van der Waals surface area contributed by atoms with Gasteiger partial charge in [0.05, 0.1) is 16.5 Å². The van der Waals surface area contributed by atoms with Gasteiger partial charge in [0.15, 0.2) is 5.13 Å². The zero-order chi connectivity index (χ0) is 21.8. The second-order valence-electron chi connectivity index (χ2n) is 7.52. The summed E-state index contributed by atoms with van der Waals surface area (Å²) in [5, 5.41) is 0.731. The molecule has 0 radical (unpaired) electrons. The van der Waals surface area contributed by atoms with E-state index in [1.165, 1.54) is 0 Å². The lowest BCUT2D eigenvalue weighted by atomic mass is 10.0. The van der Waals surface area contributed by atoms with E-state index >= 15 is 0 Å². The number of aryl methyl sites for hydroxylation is 1. The Labute approximate surface area is 190 Å². The van der Waals surface area contributed by atoms with Gasteiger partial charge in [0.25, 0.3) is 5.91 Å². The molecule has 0 N–H and O–H groups in total. The van der Waals surface area contributed by atoms with Crippen molar-refractivity contribution in [3.05, 3.63) is 103 Å². The highest BCUT2D eigenvalue weighted by Crippen LogP contribution is 2.30. The molecule has 6 heteroatoms. The van der Waals surface area contributed by atoms with E-state index in [0.717, 1.165) is 39.4 Å². The van der Waals surface area contributed by atoms with E-state index in [-0.39, 0.29) is 5.91 Å². The fourth-order valence-electron chi connectivity index (χ4n) is 3.68. The largest absolute Gasteiger partial charge is 0.337 e. The maximum absolute atomic E-state index is 13.5. The van der Waals surface area contributed by atoms with Crippen molar-refractivity contribution in [2.24, 2.45) is 0 Å². The van der Waals surface area contributed by atoms with E-state index in [9.17, 15) is 4.79 Å². The van der Waals surface area contributed by atoms with Crippen molar-refractivity contribution in [3.63, 3.8) is 0 Å². The molecule has 0 saturated heterocycles. The van der Waals surface area contributed by atoms with E-state index in [4.69, 9.17) is 4.98 Å². The van der Waals surface area contributed by atoms with Gasteiger partial charge in [0.1, 0.15) is 0 Å². The molecule has 5 nitrogen and oxygen atoms in total. The predicted octanol–water partition coefficient (Wildman–Crippen LogP) is 5.90. The first-order valence-corrected chi connectivity index (χ1v) is 11.4. The maximum Gasteiger partial charge on any atom is 0.260 e. The molecule has 5 aromatic rings. The molecule has 0 fully saturated rings. The molecule has 0 aliphatic rings. The van der Waals surface area contributed by atoms with Crippen LogP contribution in [0.4, 0.5) is 5.13 Å². The fourth-order valence-corrected chi connectivity index (χ4v) is 4.67. The number of hydrogen-bond acceptors (Lipinski definition) is 4. The number of carbonyl (C=O) groups is 1. The number of fused-ring (bicyclic) bond motifs is 1. The van der Waals surface area contributed by atoms with Gasteiger partial charge in [-0.15, -0.1) is 0 Å². The van der Waals surface area contributed by atoms with Gasteiger partial charge in [-0.05, 0) is 41.8 Å². The molecule has 5 rings (SSSR count). The average Bonchev–Trinajstić information content (AvgIpc) is 3.52. The third kappa shape index (κ3) is 4.31. The normalized spacial score (nSPS) is 11.0. The molecule has 0 aliphatic carbocycles. The van der Waals surface area contributed by atoms with Gasteiger partial charge in [-0.25, -0.2) is 9.97 Å². The first-order valence-electron chi connectivity index (χ1n) is 10.6. The Morgan fingerprint density at radius 3 is 2.41 bits per heavy atom. The summed E-state index contributed by atoms with van der Waals surface area (Å²) in [5.74, 6) is -0.0331. The second-order valence-corrected chi connectivity index (χ2v) is 8.53. The zero-order valence-electron chi connectivity index (χ0n) is 17.5. The average molecular weight is 439 g/mol. The van der Waals surface area contributed by atoms with Crippen molar-refractivity contribution < 1.29 is 4.79 Å². The lowest BCUT2D eigenvalue weighted by Crippen LogP contribution is -2.32. The third-order valence-electron chi connectivity index (χ3n) is 5.35. The zero-order valence-corrected chi connectivity index (χ0v) is 18.3. The first-order chi connectivity index (χ1) is 15.8. The molecular weight excluding hydrogens is 416 g/mol. The van der Waals surface area contributed by atoms with Crippen LogP contribution in [0.5, 0.6) is 0 Å². The number of nitrogens with zero attached hydrogens (tertiary/aromatic N) is 4. The van der Waals surface area contributed by atoms with Gasteiger partial charge in [0.2, 0.25) is 0 Å². The third-order valence-corrected chi connectivity index (χ3v) is 6.41. The van der Waals surface area contributed by atoms with Crippen molar-refractivity contribution in [1.82, 2.24) is 14.5 Å². The summed E-state index contributed by atoms with van der Waals surface area (Å²) in [5.41, 5.74) is 3.80. The lowest BCUT2D eigenvalue weighted by molar-refractivity contribution is 0.0986. The molecule has 3 aromatic carbocycles. The minimum absolute atomic E-state index is 0.0331. The minimum Gasteiger partial charge on any atom is -0.337 e. The number of amides is 1. The number of carbonyl (C=O) groups excluding carboxylic acids is 1. The Bertz CT molecular complexity index is 1280. The SMILES string of the molecule is O=C(c1ccc(-c2ccccc2)cc1)N(CCCn1ccnc1)c1nc2ccccc2s1. The summed E-state index contributed by atoms with van der Waals surface area (Å²) in [6.45, 7) is 1.37. The smallest absolute Gasteiger partial charge is 0.260 e. The first kappa shape index (κ1) is 20.2. The summed E-state index contributed by atoms with van der Waals surface area (Å²) < 4.78 is 3.10. The van der Waals surface area contributed by atoms with Crippen LogP contribution < -0.4 is 4.90 Å². The topological polar surface area (TPSA) is 51.0 Å². The molecule has 1 amide bonds. The van der Waals surface area contributed by atoms with Gasteiger partial charge >= 0.3 is 0 Å². The van der Waals surface area contributed by atoms with Crippen LogP contribution in [0, 0.1) is 0 Å². The molecule has 0 aliphatic heterocycles. The second kappa shape index (κ2) is 9.16. The predicted molar refractivity (Wildman–Crippen MR) is 130 cm³/mol. The van der Waals surface area contributed by atoms with Crippen LogP contribution in [0.25, 0.3) is 21.3 Å². The van der Waals surface area contributed by atoms with E-state index in [1.807, 2.05) is 77.5 Å². The summed E-state index contributed by atoms with van der Waals surface area (Å²) in [6, 6.07) is 26.0. The highest BCUT2D eigenvalue weighted by Gasteiger charge is 2.21. The van der Waals surface area contributed by atoms with E-state index < -0.39 is 0 Å². The van der Waals surface area contributed by atoms with Crippen LogP contribution in [0.3, 0.4) is 0 Å². The van der Waals surface area contributed by atoms with E-state index in [2.05, 4.69) is 17.1 Å². The number of benzene rings is 3. The molecule has 32 heavy (non-hydrogen) atoms. The van der Waals surface area contributed by atoms with Crippen LogP contribution in [0.2, 0.25) is 0 Å². The molecule has 2 heterocycles. The molecule has 158 valence electrons. The van der Waals surface area contributed by atoms with Crippen molar-refractivity contribution in [2.45, 2.75) is 13.0 Å². The monoisotopic (exact) mass is 438 g/mol. The van der Waals surface area contributed by atoms with Crippen LogP contribution in [0.15, 0.2) is 97.6 Å². The Balaban J connectivity index is 1.41. The Morgan fingerprint density at radius 2 is 1.66 bits per heavy atom. The number of hydrogen-bond donors (Lipinski definition) is 0. The number of aromatic nitrogens is 3. The standard InChI is InChI=1S/C26H22N4OS/c31-25(22-13-11-21(12-14-22)20-7-2-1-3-8-20)30(17-6-16-29-18-15-27-19-29)26-28-23-9-4-5-10-24(23)32-26/h1-5,7-15,18-19H,6,16-17H2. The van der Waals surface area contributed by atoms with Gasteiger partial charge in [-0.3, -0.25) is 9.69 Å². The minimum atomic E-state index is -0.0331. The quantitative estimate of drug-likeness (QED) is 0.318. The van der Waals surface area contributed by atoms with Gasteiger partial charge in [-0.2, -0.15) is 0 Å². The van der Waals surface area contributed by atoms with Gasteiger partial charge in [0, 0.05) is 31.0 Å². The highest BCUT2D eigenvalue weighted by molar-refractivity contribution is 7.22. The summed E-state index contributed by atoms with van der Waals surface area (Å²) in [6.07, 6.45) is 6.31. The van der Waals surface area contributed by atoms with Crippen molar-refractivity contribution >= 4 is 32.6 Å². The maximum atomic E-state index is 13.5. The van der Waals surface area contributed by atoms with E-state index in [0.29, 0.717) is 12.1 Å². The van der Waals surface area contributed by atoms with Crippen LogP contribution in [0.1, 0.15) is 16.8 Å². The molecule has 0 spiro atoms. The van der Waals surface area contributed by atoms with Crippen molar-refractivity contribution in [3.8, 4) is 11.1 Å². The van der Waals surface area contributed by atoms with E-state index in [1.54, 1.807) is 28.8 Å². The molecular formula is C26H22N4OS. The number of anilines is 1. The molecule has 0 atom stereocenters. The lowest BCUT2D eigenvalue weighted by Gasteiger charge is -2.20. The molecule has 0 bridgehead atoms. The van der Waals surface area contributed by atoms with Crippen molar-refractivity contribution in [1.29, 1.82) is 0 Å². The molecule has 0 unspecified atom stereocenters. The number of para-hydroxylation sites is 1. The van der Waals surface area contributed by atoms with Gasteiger partial charge < -0.3 is 4.57 Å². The summed E-state index contributed by atoms with van der Waals surface area (Å²) >= 11 is 1.55. The number of imidazole rings is 1. The Kier molecular flexibility index (Phi) is 5.77. The summed E-state index contributed by atoms with van der Waals surface area (Å²) in [7, 11) is 0. The van der Waals surface area contributed by atoms with Crippen molar-refractivity contribution in [2.75, 3.05) is 11.4 Å². The number of thiazole rings is 1. The van der Waals surface area contributed by atoms with Gasteiger partial charge in [-0.1, -0.05) is 65.9 Å². The number of rotatable bonds is 7. The van der Waals surface area contributed by atoms with Crippen LogP contribution >= 0.6 is 11.3 Å². The van der Waals surface area contributed by atoms with Crippen LogP contribution in [-0.4, -0.2) is 27.0 Å². The highest BCUT2D eigenvalue weighted by atomic mass is 32.1. The molecule has 0 saturated carbocycles. The summed E-state index contributed by atoms with van der Waals surface area (Å²) in [4.78, 5) is 24.2. The Hall–Kier alpha value is -3.77.